The number of rotatable bonds is 6. The molecule has 3 nitrogen and oxygen atoms in total. The van der Waals surface area contributed by atoms with E-state index in [4.69, 9.17) is 4.43 Å². The first-order valence-electron chi connectivity index (χ1n) is 7.21. The summed E-state index contributed by atoms with van der Waals surface area (Å²) in [6.45, 7) is 15.3. The summed E-state index contributed by atoms with van der Waals surface area (Å²) in [5.74, 6) is 0. The van der Waals surface area contributed by atoms with Gasteiger partial charge in [-0.25, -0.2) is 8.42 Å². The first kappa shape index (κ1) is 17.2. The Bertz CT molecular complexity index is 416. The van der Waals surface area contributed by atoms with E-state index in [1.165, 1.54) is 0 Å². The van der Waals surface area contributed by atoms with Crippen LogP contribution < -0.4 is 0 Å². The molecule has 1 atom stereocenters. The zero-order chi connectivity index (χ0) is 15.1. The van der Waals surface area contributed by atoms with Crippen molar-refractivity contribution in [3.8, 4) is 0 Å². The molecule has 0 aromatic carbocycles. The highest BCUT2D eigenvalue weighted by Gasteiger charge is 2.51. The minimum absolute atomic E-state index is 0.178. The highest BCUT2D eigenvalue weighted by atomic mass is 32.2. The number of hydrogen-bond acceptors (Lipinski definition) is 3. The van der Waals surface area contributed by atoms with Gasteiger partial charge in [0, 0.05) is 6.61 Å². The Morgan fingerprint density at radius 3 is 2.11 bits per heavy atom. The van der Waals surface area contributed by atoms with Crippen LogP contribution in [0.25, 0.3) is 0 Å². The van der Waals surface area contributed by atoms with E-state index in [0.29, 0.717) is 13.0 Å². The summed E-state index contributed by atoms with van der Waals surface area (Å²) in [5, 5.41) is -0.109. The van der Waals surface area contributed by atoms with Gasteiger partial charge in [0.15, 0.2) is 18.2 Å². The van der Waals surface area contributed by atoms with Gasteiger partial charge < -0.3 is 4.43 Å². The Morgan fingerprint density at radius 1 is 1.26 bits per heavy atom. The molecule has 0 heterocycles. The molecule has 0 spiro atoms. The topological polar surface area (TPSA) is 43.4 Å². The fourth-order valence-corrected chi connectivity index (χ4v) is 4.91. The van der Waals surface area contributed by atoms with Crippen molar-refractivity contribution in [2.75, 3.05) is 6.61 Å². The van der Waals surface area contributed by atoms with Crippen LogP contribution in [-0.4, -0.2) is 33.3 Å². The lowest BCUT2D eigenvalue weighted by molar-refractivity contribution is 0.281. The van der Waals surface area contributed by atoms with Crippen LogP contribution in [0.3, 0.4) is 0 Å². The molecule has 1 aliphatic rings. The highest BCUT2D eigenvalue weighted by Crippen LogP contribution is 2.45. The van der Waals surface area contributed by atoms with E-state index in [1.807, 2.05) is 13.8 Å². The molecule has 0 radical (unpaired) electrons. The zero-order valence-electron chi connectivity index (χ0n) is 13.5. The summed E-state index contributed by atoms with van der Waals surface area (Å²) in [5.41, 5.74) is 0. The summed E-state index contributed by atoms with van der Waals surface area (Å²) in [4.78, 5) is 0. The van der Waals surface area contributed by atoms with Gasteiger partial charge in [-0.15, -0.1) is 0 Å². The molecule has 1 rings (SSSR count). The van der Waals surface area contributed by atoms with Gasteiger partial charge in [0.05, 0.1) is 10.00 Å². The van der Waals surface area contributed by atoms with Crippen LogP contribution in [0.4, 0.5) is 0 Å². The predicted octanol–water partition coefficient (Wildman–Crippen LogP) is 3.75. The first-order chi connectivity index (χ1) is 8.33. The second-order valence-corrected chi connectivity index (χ2v) is 15.4. The van der Waals surface area contributed by atoms with E-state index < -0.39 is 22.9 Å². The van der Waals surface area contributed by atoms with Crippen molar-refractivity contribution in [1.29, 1.82) is 0 Å². The van der Waals surface area contributed by atoms with Gasteiger partial charge in [0.1, 0.15) is 0 Å². The van der Waals surface area contributed by atoms with E-state index >= 15 is 0 Å². The van der Waals surface area contributed by atoms with Gasteiger partial charge in [0.25, 0.3) is 0 Å². The minimum Gasteiger partial charge on any atom is -0.417 e. The maximum absolute atomic E-state index is 12.3. The molecule has 0 N–H and O–H groups in total. The van der Waals surface area contributed by atoms with Crippen molar-refractivity contribution < 1.29 is 12.8 Å². The fraction of sp³-hybridized carbons (Fsp3) is 1.00. The van der Waals surface area contributed by atoms with E-state index in [0.717, 1.165) is 12.8 Å². The van der Waals surface area contributed by atoms with Crippen LogP contribution in [0.5, 0.6) is 0 Å². The van der Waals surface area contributed by atoms with Crippen LogP contribution in [0.1, 0.15) is 53.9 Å². The average Bonchev–Trinajstić information content (AvgIpc) is 2.95. The average molecular weight is 307 g/mol. The molecule has 0 aliphatic heterocycles. The molecular weight excluding hydrogens is 276 g/mol. The van der Waals surface area contributed by atoms with E-state index in [1.54, 1.807) is 0 Å². The molecule has 19 heavy (non-hydrogen) atoms. The van der Waals surface area contributed by atoms with Crippen molar-refractivity contribution in [3.05, 3.63) is 0 Å². The van der Waals surface area contributed by atoms with Gasteiger partial charge in [-0.3, -0.25) is 0 Å². The summed E-state index contributed by atoms with van der Waals surface area (Å²) in [7, 11) is -4.74. The van der Waals surface area contributed by atoms with Crippen LogP contribution >= 0.6 is 0 Å². The molecule has 1 saturated carbocycles. The molecule has 1 fully saturated rings. The lowest BCUT2D eigenvalue weighted by atomic mass is 10.2. The Kier molecular flexibility index (Phi) is 4.66. The smallest absolute Gasteiger partial charge is 0.191 e. The van der Waals surface area contributed by atoms with Crippen molar-refractivity contribution in [3.63, 3.8) is 0 Å². The summed E-state index contributed by atoms with van der Waals surface area (Å²) in [6, 6.07) is 0. The molecule has 0 aromatic heterocycles. The van der Waals surface area contributed by atoms with Gasteiger partial charge in [-0.1, -0.05) is 20.8 Å². The summed E-state index contributed by atoms with van der Waals surface area (Å²) < 4.78 is 30.3. The van der Waals surface area contributed by atoms with Gasteiger partial charge >= 0.3 is 0 Å². The van der Waals surface area contributed by atoms with E-state index in [9.17, 15) is 8.42 Å². The normalized spacial score (nSPS) is 21.2. The zero-order valence-corrected chi connectivity index (χ0v) is 15.4. The third-order valence-electron chi connectivity index (χ3n) is 4.96. The standard InChI is InChI=1S/C14H30O3SSi/c1-12(18(15,16)14(5)9-10-14)8-11-17-19(6,7)13(2,3)4/h12H,8-11H2,1-7H3. The van der Waals surface area contributed by atoms with Crippen LogP contribution in [-0.2, 0) is 14.3 Å². The maximum Gasteiger partial charge on any atom is 0.191 e. The second-order valence-electron chi connectivity index (χ2n) is 7.70. The first-order valence-corrected chi connectivity index (χ1v) is 11.7. The minimum atomic E-state index is -2.98. The summed E-state index contributed by atoms with van der Waals surface area (Å²) >= 11 is 0. The highest BCUT2D eigenvalue weighted by molar-refractivity contribution is 7.93. The molecule has 0 amide bonds. The van der Waals surface area contributed by atoms with E-state index in [-0.39, 0.29) is 10.3 Å². The molecular formula is C14H30O3SSi. The van der Waals surface area contributed by atoms with Gasteiger partial charge in [0.2, 0.25) is 0 Å². The van der Waals surface area contributed by atoms with Crippen LogP contribution in [0.15, 0.2) is 0 Å². The monoisotopic (exact) mass is 306 g/mol. The van der Waals surface area contributed by atoms with E-state index in [2.05, 4.69) is 33.9 Å². The molecule has 0 saturated heterocycles. The molecule has 5 heteroatoms. The Hall–Kier alpha value is 0.127. The third kappa shape index (κ3) is 3.61. The molecule has 0 bridgehead atoms. The van der Waals surface area contributed by atoms with Crippen molar-refractivity contribution in [1.82, 2.24) is 0 Å². The Morgan fingerprint density at radius 2 is 1.74 bits per heavy atom. The number of hydrogen-bond donors (Lipinski definition) is 0. The Balaban J connectivity index is 2.51. The van der Waals surface area contributed by atoms with Crippen LogP contribution in [0.2, 0.25) is 18.1 Å². The number of sulfone groups is 1. The fourth-order valence-electron chi connectivity index (χ4n) is 1.80. The summed E-state index contributed by atoms with van der Waals surface area (Å²) in [6.07, 6.45) is 2.26. The SMILES string of the molecule is CC(CCO[Si](C)(C)C(C)(C)C)S(=O)(=O)C1(C)CC1. The molecule has 0 aromatic rings. The largest absolute Gasteiger partial charge is 0.417 e. The van der Waals surface area contributed by atoms with Gasteiger partial charge in [-0.2, -0.15) is 0 Å². The maximum atomic E-state index is 12.3. The predicted molar refractivity (Wildman–Crippen MR) is 83.8 cm³/mol. The van der Waals surface area contributed by atoms with Gasteiger partial charge in [-0.05, 0) is 51.2 Å². The lowest BCUT2D eigenvalue weighted by Gasteiger charge is -2.36. The third-order valence-corrected chi connectivity index (χ3v) is 12.6. The Labute approximate surface area is 120 Å². The lowest BCUT2D eigenvalue weighted by Crippen LogP contribution is -2.41. The second kappa shape index (κ2) is 5.15. The molecule has 1 unspecified atom stereocenters. The van der Waals surface area contributed by atoms with Crippen LogP contribution in [0, 0.1) is 0 Å². The van der Waals surface area contributed by atoms with Crippen molar-refractivity contribution >= 4 is 18.2 Å². The van der Waals surface area contributed by atoms with Crippen molar-refractivity contribution in [2.45, 2.75) is 82.0 Å². The molecule has 1 aliphatic carbocycles. The van der Waals surface area contributed by atoms with Crippen molar-refractivity contribution in [2.24, 2.45) is 0 Å². The quantitative estimate of drug-likeness (QED) is 0.702. The molecule has 114 valence electrons.